The van der Waals surface area contributed by atoms with Crippen LogP contribution in [0.3, 0.4) is 0 Å². The van der Waals surface area contributed by atoms with E-state index in [0.717, 1.165) is 6.42 Å². The molecule has 64 valence electrons. The van der Waals surface area contributed by atoms with Gasteiger partial charge in [0.25, 0.3) is 0 Å². The first-order valence-electron chi connectivity index (χ1n) is 4.06. The largest absolute Gasteiger partial charge is 0.372 e. The minimum absolute atomic E-state index is 0.0509. The van der Waals surface area contributed by atoms with Crippen molar-refractivity contribution in [3.8, 4) is 6.07 Å². The van der Waals surface area contributed by atoms with Crippen LogP contribution in [0.2, 0.25) is 0 Å². The topological polar surface area (TPSA) is 33.0 Å². The average molecular weight is 155 g/mol. The van der Waals surface area contributed by atoms with E-state index >= 15 is 0 Å². The van der Waals surface area contributed by atoms with E-state index in [0.29, 0.717) is 6.42 Å². The third-order valence-corrected chi connectivity index (χ3v) is 1.75. The summed E-state index contributed by atoms with van der Waals surface area (Å²) in [4.78, 5) is 0. The maximum Gasteiger partial charge on any atom is 0.0684 e. The van der Waals surface area contributed by atoms with Crippen molar-refractivity contribution in [2.75, 3.05) is 0 Å². The summed E-state index contributed by atoms with van der Waals surface area (Å²) in [6, 6.07) is 2.09. The standard InChI is InChI=1S/C9H17NO/c1-5-9(3,4)11-8(2)6-7-10/h8H,5-6H2,1-4H3. The Hall–Kier alpha value is -0.550. The molecule has 0 amide bonds. The summed E-state index contributed by atoms with van der Waals surface area (Å²) in [6.45, 7) is 8.10. The molecule has 0 fully saturated rings. The number of hydrogen-bond donors (Lipinski definition) is 0. The van der Waals surface area contributed by atoms with Crippen molar-refractivity contribution in [1.29, 1.82) is 5.26 Å². The molecule has 0 spiro atoms. The number of nitrogens with zero attached hydrogens (tertiary/aromatic N) is 1. The first-order chi connectivity index (χ1) is 5.02. The lowest BCUT2D eigenvalue weighted by Crippen LogP contribution is -2.28. The van der Waals surface area contributed by atoms with Crippen molar-refractivity contribution < 1.29 is 4.74 Å². The summed E-state index contributed by atoms with van der Waals surface area (Å²) in [7, 11) is 0. The molecule has 0 aromatic heterocycles. The van der Waals surface area contributed by atoms with Gasteiger partial charge in [0.05, 0.1) is 24.2 Å². The van der Waals surface area contributed by atoms with Crippen LogP contribution in [0.1, 0.15) is 40.5 Å². The van der Waals surface area contributed by atoms with E-state index in [1.54, 1.807) is 0 Å². The Kier molecular flexibility index (Phi) is 4.14. The highest BCUT2D eigenvalue weighted by Crippen LogP contribution is 2.16. The molecular weight excluding hydrogens is 138 g/mol. The molecule has 0 heterocycles. The average Bonchev–Trinajstić information content (AvgIpc) is 1.87. The van der Waals surface area contributed by atoms with Crippen LogP contribution in [-0.4, -0.2) is 11.7 Å². The van der Waals surface area contributed by atoms with E-state index in [4.69, 9.17) is 10.00 Å². The molecule has 0 N–H and O–H groups in total. The highest BCUT2D eigenvalue weighted by Gasteiger charge is 2.18. The summed E-state index contributed by atoms with van der Waals surface area (Å²) >= 11 is 0. The van der Waals surface area contributed by atoms with E-state index in [1.165, 1.54) is 0 Å². The summed E-state index contributed by atoms with van der Waals surface area (Å²) in [5.74, 6) is 0. The van der Waals surface area contributed by atoms with Crippen molar-refractivity contribution in [3.63, 3.8) is 0 Å². The zero-order valence-electron chi connectivity index (χ0n) is 7.85. The van der Waals surface area contributed by atoms with Crippen LogP contribution >= 0.6 is 0 Å². The minimum atomic E-state index is -0.0870. The van der Waals surface area contributed by atoms with Crippen LogP contribution in [0.4, 0.5) is 0 Å². The Morgan fingerprint density at radius 2 is 2.09 bits per heavy atom. The van der Waals surface area contributed by atoms with E-state index in [-0.39, 0.29) is 11.7 Å². The van der Waals surface area contributed by atoms with Gasteiger partial charge in [-0.1, -0.05) is 6.92 Å². The molecule has 0 aromatic rings. The normalized spacial score (nSPS) is 14.1. The number of rotatable bonds is 4. The SMILES string of the molecule is CCC(C)(C)OC(C)CC#N. The molecule has 0 bridgehead atoms. The fraction of sp³-hybridized carbons (Fsp3) is 0.889. The summed E-state index contributed by atoms with van der Waals surface area (Å²) in [5.41, 5.74) is -0.0870. The Labute approximate surface area is 69.2 Å². The van der Waals surface area contributed by atoms with Gasteiger partial charge in [0.1, 0.15) is 0 Å². The second-order valence-electron chi connectivity index (χ2n) is 3.40. The predicted octanol–water partition coefficient (Wildman–Crippen LogP) is 2.49. The van der Waals surface area contributed by atoms with Crippen molar-refractivity contribution in [1.82, 2.24) is 0 Å². The third-order valence-electron chi connectivity index (χ3n) is 1.75. The van der Waals surface area contributed by atoms with Gasteiger partial charge in [-0.25, -0.2) is 0 Å². The molecule has 1 atom stereocenters. The smallest absolute Gasteiger partial charge is 0.0684 e. The lowest BCUT2D eigenvalue weighted by Gasteiger charge is -2.26. The molecule has 0 rings (SSSR count). The van der Waals surface area contributed by atoms with E-state index in [1.807, 2.05) is 20.8 Å². The molecule has 0 aliphatic rings. The number of hydrogen-bond acceptors (Lipinski definition) is 2. The van der Waals surface area contributed by atoms with Gasteiger partial charge in [0, 0.05) is 0 Å². The van der Waals surface area contributed by atoms with Gasteiger partial charge in [0.2, 0.25) is 0 Å². The summed E-state index contributed by atoms with van der Waals surface area (Å²) in [6.07, 6.45) is 1.50. The van der Waals surface area contributed by atoms with Gasteiger partial charge in [-0.2, -0.15) is 5.26 Å². The van der Waals surface area contributed by atoms with Crippen molar-refractivity contribution in [2.45, 2.75) is 52.2 Å². The van der Waals surface area contributed by atoms with Gasteiger partial charge < -0.3 is 4.74 Å². The first kappa shape index (κ1) is 10.4. The highest BCUT2D eigenvalue weighted by atomic mass is 16.5. The quantitative estimate of drug-likeness (QED) is 0.625. The van der Waals surface area contributed by atoms with E-state index in [9.17, 15) is 0 Å². The lowest BCUT2D eigenvalue weighted by atomic mass is 10.1. The van der Waals surface area contributed by atoms with Crippen molar-refractivity contribution in [3.05, 3.63) is 0 Å². The van der Waals surface area contributed by atoms with Gasteiger partial charge in [-0.05, 0) is 27.2 Å². The van der Waals surface area contributed by atoms with Crippen LogP contribution in [0.5, 0.6) is 0 Å². The van der Waals surface area contributed by atoms with Crippen molar-refractivity contribution in [2.24, 2.45) is 0 Å². The fourth-order valence-electron chi connectivity index (χ4n) is 0.798. The molecule has 2 heteroatoms. The van der Waals surface area contributed by atoms with Crippen molar-refractivity contribution >= 4 is 0 Å². The number of ether oxygens (including phenoxy) is 1. The first-order valence-corrected chi connectivity index (χ1v) is 4.06. The van der Waals surface area contributed by atoms with Crippen LogP contribution in [0.25, 0.3) is 0 Å². The Bertz CT molecular complexity index is 146. The third kappa shape index (κ3) is 4.80. The molecular formula is C9H17NO. The van der Waals surface area contributed by atoms with Crippen LogP contribution in [0, 0.1) is 11.3 Å². The highest BCUT2D eigenvalue weighted by molar-refractivity contribution is 4.76. The maximum atomic E-state index is 8.38. The van der Waals surface area contributed by atoms with Gasteiger partial charge in [-0.3, -0.25) is 0 Å². The van der Waals surface area contributed by atoms with Gasteiger partial charge in [-0.15, -0.1) is 0 Å². The van der Waals surface area contributed by atoms with Crippen LogP contribution in [0.15, 0.2) is 0 Å². The molecule has 0 aromatic carbocycles. The Morgan fingerprint density at radius 1 is 1.55 bits per heavy atom. The second kappa shape index (κ2) is 4.35. The summed E-state index contributed by atoms with van der Waals surface area (Å²) < 4.78 is 5.60. The zero-order valence-corrected chi connectivity index (χ0v) is 7.85. The minimum Gasteiger partial charge on any atom is -0.372 e. The van der Waals surface area contributed by atoms with E-state index < -0.39 is 0 Å². The Balaban J connectivity index is 3.75. The lowest BCUT2D eigenvalue weighted by molar-refractivity contribution is -0.0630. The molecule has 0 saturated heterocycles. The Morgan fingerprint density at radius 3 is 2.45 bits per heavy atom. The molecule has 0 aliphatic carbocycles. The monoisotopic (exact) mass is 155 g/mol. The molecule has 1 unspecified atom stereocenters. The summed E-state index contributed by atoms with van der Waals surface area (Å²) in [5, 5.41) is 8.38. The van der Waals surface area contributed by atoms with Crippen LogP contribution in [-0.2, 0) is 4.74 Å². The fourth-order valence-corrected chi connectivity index (χ4v) is 0.798. The second-order valence-corrected chi connectivity index (χ2v) is 3.40. The molecule has 0 radical (unpaired) electrons. The van der Waals surface area contributed by atoms with Gasteiger partial charge >= 0.3 is 0 Å². The predicted molar refractivity (Wildman–Crippen MR) is 45.1 cm³/mol. The number of nitriles is 1. The maximum absolute atomic E-state index is 8.38. The zero-order chi connectivity index (χ0) is 8.91. The van der Waals surface area contributed by atoms with Crippen LogP contribution < -0.4 is 0 Å². The molecule has 11 heavy (non-hydrogen) atoms. The molecule has 0 aliphatic heterocycles. The molecule has 2 nitrogen and oxygen atoms in total. The van der Waals surface area contributed by atoms with Gasteiger partial charge in [0.15, 0.2) is 0 Å². The van der Waals surface area contributed by atoms with E-state index in [2.05, 4.69) is 13.0 Å². The molecule has 0 saturated carbocycles.